The molecule has 0 saturated carbocycles. The van der Waals surface area contributed by atoms with E-state index in [0.29, 0.717) is 21.9 Å². The summed E-state index contributed by atoms with van der Waals surface area (Å²) in [4.78, 5) is 24.8. The van der Waals surface area contributed by atoms with Crippen molar-refractivity contribution >= 4 is 45.4 Å². The first-order chi connectivity index (χ1) is 13.5. The van der Waals surface area contributed by atoms with E-state index >= 15 is 0 Å². The summed E-state index contributed by atoms with van der Waals surface area (Å²) < 4.78 is 12.0. The van der Waals surface area contributed by atoms with E-state index in [1.54, 1.807) is 42.5 Å². The molecule has 0 fully saturated rings. The Balaban J connectivity index is 1.55. The minimum Gasteiger partial charge on any atom is -0.452 e. The predicted molar refractivity (Wildman–Crippen MR) is 110 cm³/mol. The largest absolute Gasteiger partial charge is 0.452 e. The molecule has 3 aromatic carbocycles. The summed E-state index contributed by atoms with van der Waals surface area (Å²) >= 11 is 9.23. The summed E-state index contributed by atoms with van der Waals surface area (Å²) in [6, 6.07) is 18.6. The van der Waals surface area contributed by atoms with Gasteiger partial charge in [0.1, 0.15) is 11.5 Å². The fourth-order valence-corrected chi connectivity index (χ4v) is 3.27. The molecule has 0 spiro atoms. The Kier molecular flexibility index (Phi) is 5.03. The van der Waals surface area contributed by atoms with Crippen LogP contribution < -0.4 is 9.47 Å². The maximum absolute atomic E-state index is 12.5. The van der Waals surface area contributed by atoms with Crippen LogP contribution in [0.5, 0.6) is 11.5 Å². The molecule has 28 heavy (non-hydrogen) atoms. The number of carbonyl (C=O) groups excluding carboxylic acids is 2. The standard InChI is InChI=1S/C22H12BrClO4/c23-15-3-1-2-13(10-15)11-20-21(25)18-9-8-17(12-19(18)28-20)27-22(26)14-4-6-16(24)7-5-14/h1-12H. The molecular formula is C22H12BrClO4. The summed E-state index contributed by atoms with van der Waals surface area (Å²) in [6.45, 7) is 0. The minimum atomic E-state index is -0.522. The van der Waals surface area contributed by atoms with Crippen molar-refractivity contribution in [3.8, 4) is 11.5 Å². The van der Waals surface area contributed by atoms with Crippen LogP contribution in [0.3, 0.4) is 0 Å². The van der Waals surface area contributed by atoms with Gasteiger partial charge in [-0.05, 0) is 60.2 Å². The Hall–Kier alpha value is -2.89. The third-order valence-electron chi connectivity index (χ3n) is 4.08. The summed E-state index contributed by atoms with van der Waals surface area (Å²) in [5.41, 5.74) is 1.63. The van der Waals surface area contributed by atoms with Gasteiger partial charge in [0.25, 0.3) is 0 Å². The van der Waals surface area contributed by atoms with Gasteiger partial charge in [-0.2, -0.15) is 0 Å². The molecule has 0 saturated heterocycles. The molecule has 1 aliphatic heterocycles. The van der Waals surface area contributed by atoms with Crippen molar-refractivity contribution in [1.29, 1.82) is 0 Å². The first-order valence-electron chi connectivity index (χ1n) is 8.31. The molecule has 1 aliphatic rings. The van der Waals surface area contributed by atoms with Gasteiger partial charge in [0.15, 0.2) is 5.76 Å². The fourth-order valence-electron chi connectivity index (χ4n) is 2.73. The average Bonchev–Trinajstić information content (AvgIpc) is 2.97. The highest BCUT2D eigenvalue weighted by Gasteiger charge is 2.28. The van der Waals surface area contributed by atoms with Gasteiger partial charge in [-0.3, -0.25) is 4.79 Å². The molecule has 6 heteroatoms. The van der Waals surface area contributed by atoms with E-state index in [-0.39, 0.29) is 17.3 Å². The summed E-state index contributed by atoms with van der Waals surface area (Å²) in [7, 11) is 0. The van der Waals surface area contributed by atoms with Crippen molar-refractivity contribution in [2.75, 3.05) is 0 Å². The Bertz CT molecular complexity index is 1120. The van der Waals surface area contributed by atoms with Crippen molar-refractivity contribution in [1.82, 2.24) is 0 Å². The number of fused-ring (bicyclic) bond motifs is 1. The molecular weight excluding hydrogens is 444 g/mol. The van der Waals surface area contributed by atoms with Crippen LogP contribution in [0.1, 0.15) is 26.3 Å². The van der Waals surface area contributed by atoms with Crippen molar-refractivity contribution in [2.24, 2.45) is 0 Å². The van der Waals surface area contributed by atoms with Crippen molar-refractivity contribution in [3.05, 3.63) is 98.7 Å². The number of ketones is 1. The molecule has 0 aliphatic carbocycles. The topological polar surface area (TPSA) is 52.6 Å². The predicted octanol–water partition coefficient (Wildman–Crippen LogP) is 5.94. The third-order valence-corrected chi connectivity index (χ3v) is 4.82. The van der Waals surface area contributed by atoms with E-state index in [2.05, 4.69) is 15.9 Å². The van der Waals surface area contributed by atoms with E-state index in [0.717, 1.165) is 10.0 Å². The number of carbonyl (C=O) groups is 2. The van der Waals surface area contributed by atoms with Crippen LogP contribution >= 0.6 is 27.5 Å². The lowest BCUT2D eigenvalue weighted by Crippen LogP contribution is -2.08. The van der Waals surface area contributed by atoms with Crippen LogP contribution in [-0.4, -0.2) is 11.8 Å². The number of Topliss-reactive ketones (excluding diaryl/α,β-unsaturated/α-hetero) is 1. The van der Waals surface area contributed by atoms with Crippen molar-refractivity contribution in [2.45, 2.75) is 0 Å². The van der Waals surface area contributed by atoms with E-state index in [1.165, 1.54) is 6.07 Å². The van der Waals surface area contributed by atoms with Crippen molar-refractivity contribution < 1.29 is 19.1 Å². The van der Waals surface area contributed by atoms with Crippen LogP contribution in [0.25, 0.3) is 6.08 Å². The van der Waals surface area contributed by atoms with Gasteiger partial charge in [-0.25, -0.2) is 4.79 Å². The fraction of sp³-hybridized carbons (Fsp3) is 0. The molecule has 0 bridgehead atoms. The summed E-state index contributed by atoms with van der Waals surface area (Å²) in [6.07, 6.45) is 1.67. The zero-order valence-corrected chi connectivity index (χ0v) is 16.7. The smallest absolute Gasteiger partial charge is 0.343 e. The van der Waals surface area contributed by atoms with Gasteiger partial charge >= 0.3 is 5.97 Å². The van der Waals surface area contributed by atoms with Gasteiger partial charge in [0, 0.05) is 15.6 Å². The first kappa shape index (κ1) is 18.5. The van der Waals surface area contributed by atoms with Crippen LogP contribution in [0, 0.1) is 0 Å². The van der Waals surface area contributed by atoms with Crippen LogP contribution in [0.15, 0.2) is 77.0 Å². The second-order valence-corrected chi connectivity index (χ2v) is 7.40. The molecule has 4 rings (SSSR count). The molecule has 1 heterocycles. The second kappa shape index (κ2) is 7.62. The lowest BCUT2D eigenvalue weighted by atomic mass is 10.1. The lowest BCUT2D eigenvalue weighted by Gasteiger charge is -2.05. The molecule has 0 unspecified atom stereocenters. The van der Waals surface area contributed by atoms with Gasteiger partial charge in [0.2, 0.25) is 5.78 Å². The van der Waals surface area contributed by atoms with Gasteiger partial charge in [-0.15, -0.1) is 0 Å². The summed E-state index contributed by atoms with van der Waals surface area (Å²) in [5, 5.41) is 0.533. The number of hydrogen-bond acceptors (Lipinski definition) is 4. The molecule has 0 aromatic heterocycles. The Labute approximate surface area is 174 Å². The highest BCUT2D eigenvalue weighted by molar-refractivity contribution is 9.10. The normalized spacial score (nSPS) is 13.9. The maximum atomic E-state index is 12.5. The molecule has 3 aromatic rings. The highest BCUT2D eigenvalue weighted by Crippen LogP contribution is 2.35. The number of ether oxygens (including phenoxy) is 2. The van der Waals surface area contributed by atoms with E-state index in [4.69, 9.17) is 21.1 Å². The monoisotopic (exact) mass is 454 g/mol. The molecule has 0 atom stereocenters. The van der Waals surface area contributed by atoms with E-state index in [9.17, 15) is 9.59 Å². The van der Waals surface area contributed by atoms with Crippen LogP contribution in [0.2, 0.25) is 5.02 Å². The van der Waals surface area contributed by atoms with Gasteiger partial charge < -0.3 is 9.47 Å². The van der Waals surface area contributed by atoms with Gasteiger partial charge in [-0.1, -0.05) is 39.7 Å². The minimum absolute atomic E-state index is 0.217. The quantitative estimate of drug-likeness (QED) is 0.279. The number of hydrogen-bond donors (Lipinski definition) is 0. The Morgan fingerprint density at radius 2 is 1.82 bits per heavy atom. The van der Waals surface area contributed by atoms with Crippen molar-refractivity contribution in [3.63, 3.8) is 0 Å². The SMILES string of the molecule is O=C(Oc1ccc2c(c1)OC(=Cc1cccc(Br)c1)C2=O)c1ccc(Cl)cc1. The number of rotatable bonds is 3. The molecule has 0 N–H and O–H groups in total. The third kappa shape index (κ3) is 3.86. The maximum Gasteiger partial charge on any atom is 0.343 e. The van der Waals surface area contributed by atoms with Gasteiger partial charge in [0.05, 0.1) is 11.1 Å². The molecule has 0 radical (unpaired) electrons. The molecule has 4 nitrogen and oxygen atoms in total. The number of benzene rings is 3. The lowest BCUT2D eigenvalue weighted by molar-refractivity contribution is 0.0734. The van der Waals surface area contributed by atoms with E-state index in [1.807, 2.05) is 24.3 Å². The van der Waals surface area contributed by atoms with E-state index < -0.39 is 5.97 Å². The zero-order chi connectivity index (χ0) is 19.7. The zero-order valence-electron chi connectivity index (χ0n) is 14.3. The Morgan fingerprint density at radius 3 is 2.57 bits per heavy atom. The van der Waals surface area contributed by atoms with Crippen LogP contribution in [-0.2, 0) is 0 Å². The number of esters is 1. The number of allylic oxidation sites excluding steroid dienone is 1. The highest BCUT2D eigenvalue weighted by atomic mass is 79.9. The Morgan fingerprint density at radius 1 is 1.04 bits per heavy atom. The first-order valence-corrected chi connectivity index (χ1v) is 9.48. The molecule has 138 valence electrons. The average molecular weight is 456 g/mol. The van der Waals surface area contributed by atoms with Crippen LogP contribution in [0.4, 0.5) is 0 Å². The summed E-state index contributed by atoms with van der Waals surface area (Å²) in [5.74, 6) is 0.119. The second-order valence-electron chi connectivity index (χ2n) is 6.05. The number of halogens is 2. The molecule has 0 amide bonds.